The molecule has 2 nitrogen and oxygen atoms in total. The Morgan fingerprint density at radius 3 is 2.63 bits per heavy atom. The van der Waals surface area contributed by atoms with E-state index in [4.69, 9.17) is 5.26 Å². The molecule has 1 fully saturated rings. The van der Waals surface area contributed by atoms with E-state index in [0.717, 1.165) is 24.4 Å². The summed E-state index contributed by atoms with van der Waals surface area (Å²) in [7, 11) is 0. The van der Waals surface area contributed by atoms with Crippen LogP contribution in [0.1, 0.15) is 44.2 Å². The van der Waals surface area contributed by atoms with Gasteiger partial charge in [-0.2, -0.15) is 5.26 Å². The van der Waals surface area contributed by atoms with Gasteiger partial charge in [0, 0.05) is 17.3 Å². The summed E-state index contributed by atoms with van der Waals surface area (Å²) < 4.78 is 13.7. The normalized spacial score (nSPS) is 26.8. The van der Waals surface area contributed by atoms with Crippen LogP contribution in [-0.4, -0.2) is 6.04 Å². The molecule has 3 atom stereocenters. The van der Waals surface area contributed by atoms with Gasteiger partial charge in [0.1, 0.15) is 5.82 Å². The molecule has 0 amide bonds. The van der Waals surface area contributed by atoms with Crippen molar-refractivity contribution in [1.82, 2.24) is 0 Å². The molecule has 102 valence electrons. The lowest BCUT2D eigenvalue weighted by atomic mass is 9.79. The summed E-state index contributed by atoms with van der Waals surface area (Å²) in [5.74, 6) is 1.15. The third-order valence-electron chi connectivity index (χ3n) is 4.43. The highest BCUT2D eigenvalue weighted by molar-refractivity contribution is 5.56. The van der Waals surface area contributed by atoms with Gasteiger partial charge in [-0.3, -0.25) is 0 Å². The van der Waals surface area contributed by atoms with Crippen molar-refractivity contribution in [1.29, 1.82) is 5.26 Å². The van der Waals surface area contributed by atoms with E-state index in [9.17, 15) is 4.39 Å². The van der Waals surface area contributed by atoms with Crippen molar-refractivity contribution in [2.45, 2.75) is 46.1 Å². The zero-order valence-electron chi connectivity index (χ0n) is 11.8. The first-order valence-corrected chi connectivity index (χ1v) is 6.98. The average Bonchev–Trinajstić information content (AvgIpc) is 2.39. The molecule has 0 bridgehead atoms. The van der Waals surface area contributed by atoms with Gasteiger partial charge in [0.2, 0.25) is 0 Å². The zero-order chi connectivity index (χ0) is 14.0. The predicted molar refractivity (Wildman–Crippen MR) is 75.4 cm³/mol. The molecule has 0 spiro atoms. The average molecular weight is 260 g/mol. The largest absolute Gasteiger partial charge is 0.382 e. The molecule has 0 radical (unpaired) electrons. The van der Waals surface area contributed by atoms with Crippen LogP contribution in [0.5, 0.6) is 0 Å². The maximum Gasteiger partial charge on any atom is 0.129 e. The number of hydrogen-bond donors (Lipinski definition) is 1. The highest BCUT2D eigenvalue weighted by Gasteiger charge is 2.24. The van der Waals surface area contributed by atoms with Gasteiger partial charge in [0.15, 0.2) is 0 Å². The van der Waals surface area contributed by atoms with E-state index < -0.39 is 0 Å². The summed E-state index contributed by atoms with van der Waals surface area (Å²) in [5, 5.41) is 12.3. The van der Waals surface area contributed by atoms with Crippen LogP contribution in [0.3, 0.4) is 0 Å². The quantitative estimate of drug-likeness (QED) is 0.863. The van der Waals surface area contributed by atoms with Crippen molar-refractivity contribution < 1.29 is 4.39 Å². The Labute approximate surface area is 114 Å². The van der Waals surface area contributed by atoms with Crippen LogP contribution in [-0.2, 0) is 0 Å². The van der Waals surface area contributed by atoms with Gasteiger partial charge in [0.05, 0.1) is 11.6 Å². The van der Waals surface area contributed by atoms with Crippen LogP contribution in [0.2, 0.25) is 0 Å². The SMILES string of the molecule is Cc1c(F)cc(C#N)cc1NC1CCC(C)C(C)C1. The van der Waals surface area contributed by atoms with Gasteiger partial charge in [-0.05, 0) is 50.2 Å². The summed E-state index contributed by atoms with van der Waals surface area (Å²) in [6.45, 7) is 6.33. The molecule has 1 saturated carbocycles. The predicted octanol–water partition coefficient (Wildman–Crippen LogP) is 4.24. The van der Waals surface area contributed by atoms with Crippen molar-refractivity contribution in [3.63, 3.8) is 0 Å². The van der Waals surface area contributed by atoms with Gasteiger partial charge in [0.25, 0.3) is 0 Å². The second-order valence-electron chi connectivity index (χ2n) is 5.85. The lowest BCUT2D eigenvalue weighted by molar-refractivity contribution is 0.261. The smallest absolute Gasteiger partial charge is 0.129 e. The van der Waals surface area contributed by atoms with E-state index in [1.165, 1.54) is 12.5 Å². The minimum Gasteiger partial charge on any atom is -0.382 e. The Hall–Kier alpha value is -1.56. The van der Waals surface area contributed by atoms with Crippen molar-refractivity contribution in [2.75, 3.05) is 5.32 Å². The number of nitriles is 1. The Kier molecular flexibility index (Phi) is 4.09. The number of halogens is 1. The first-order chi connectivity index (χ1) is 9.01. The third kappa shape index (κ3) is 3.07. The molecule has 3 heteroatoms. The summed E-state index contributed by atoms with van der Waals surface area (Å²) in [6, 6.07) is 5.44. The fraction of sp³-hybridized carbons (Fsp3) is 0.562. The minimum absolute atomic E-state index is 0.307. The number of nitrogens with one attached hydrogen (secondary N) is 1. The number of benzene rings is 1. The molecule has 1 aliphatic carbocycles. The second-order valence-corrected chi connectivity index (χ2v) is 5.85. The van der Waals surface area contributed by atoms with E-state index in [2.05, 4.69) is 19.2 Å². The highest BCUT2D eigenvalue weighted by Crippen LogP contribution is 2.32. The Balaban J connectivity index is 2.15. The fourth-order valence-electron chi connectivity index (χ4n) is 2.79. The van der Waals surface area contributed by atoms with E-state index in [0.29, 0.717) is 23.1 Å². The summed E-state index contributed by atoms with van der Waals surface area (Å²) >= 11 is 0. The molecule has 1 aromatic rings. The van der Waals surface area contributed by atoms with Crippen molar-refractivity contribution >= 4 is 5.69 Å². The lowest BCUT2D eigenvalue weighted by Crippen LogP contribution is -2.30. The van der Waals surface area contributed by atoms with E-state index in [1.54, 1.807) is 13.0 Å². The molecule has 0 aromatic heterocycles. The molecule has 19 heavy (non-hydrogen) atoms. The van der Waals surface area contributed by atoms with Crippen molar-refractivity contribution in [2.24, 2.45) is 11.8 Å². The van der Waals surface area contributed by atoms with Gasteiger partial charge in [-0.15, -0.1) is 0 Å². The maximum absolute atomic E-state index is 13.7. The van der Waals surface area contributed by atoms with E-state index >= 15 is 0 Å². The molecule has 1 aromatic carbocycles. The van der Waals surface area contributed by atoms with Crippen LogP contribution in [0.25, 0.3) is 0 Å². The number of nitrogens with zero attached hydrogens (tertiary/aromatic N) is 1. The molecule has 2 rings (SSSR count). The maximum atomic E-state index is 13.7. The van der Waals surface area contributed by atoms with Crippen molar-refractivity contribution in [3.8, 4) is 6.07 Å². The third-order valence-corrected chi connectivity index (χ3v) is 4.43. The Morgan fingerprint density at radius 2 is 2.00 bits per heavy atom. The Morgan fingerprint density at radius 1 is 1.26 bits per heavy atom. The monoisotopic (exact) mass is 260 g/mol. The fourth-order valence-corrected chi connectivity index (χ4v) is 2.79. The zero-order valence-corrected chi connectivity index (χ0v) is 11.8. The number of anilines is 1. The standard InChI is InChI=1S/C16H21FN2/c1-10-4-5-14(6-11(10)2)19-16-8-13(9-18)7-15(17)12(16)3/h7-8,10-11,14,19H,4-6H2,1-3H3. The first kappa shape index (κ1) is 13.9. The van der Waals surface area contributed by atoms with E-state index in [1.807, 2.05) is 6.07 Å². The van der Waals surface area contributed by atoms with Crippen LogP contribution < -0.4 is 5.32 Å². The molecule has 1 N–H and O–H groups in total. The molecule has 0 heterocycles. The van der Waals surface area contributed by atoms with Gasteiger partial charge < -0.3 is 5.32 Å². The van der Waals surface area contributed by atoms with Crippen LogP contribution in [0, 0.1) is 35.9 Å². The number of hydrogen-bond acceptors (Lipinski definition) is 2. The van der Waals surface area contributed by atoms with Crippen molar-refractivity contribution in [3.05, 3.63) is 29.1 Å². The molecule has 1 aliphatic rings. The topological polar surface area (TPSA) is 35.8 Å². The summed E-state index contributed by atoms with van der Waals surface area (Å²) in [5.41, 5.74) is 1.75. The van der Waals surface area contributed by atoms with E-state index in [-0.39, 0.29) is 5.82 Å². The first-order valence-electron chi connectivity index (χ1n) is 6.98. The van der Waals surface area contributed by atoms with Gasteiger partial charge in [-0.25, -0.2) is 4.39 Å². The number of rotatable bonds is 2. The van der Waals surface area contributed by atoms with Crippen LogP contribution >= 0.6 is 0 Å². The molecule has 3 unspecified atom stereocenters. The molecular weight excluding hydrogens is 239 g/mol. The van der Waals surface area contributed by atoms with Crippen LogP contribution in [0.4, 0.5) is 10.1 Å². The summed E-state index contributed by atoms with van der Waals surface area (Å²) in [4.78, 5) is 0. The van der Waals surface area contributed by atoms with Gasteiger partial charge in [-0.1, -0.05) is 13.8 Å². The summed E-state index contributed by atoms with van der Waals surface area (Å²) in [6.07, 6.45) is 3.43. The van der Waals surface area contributed by atoms with Crippen LogP contribution in [0.15, 0.2) is 12.1 Å². The molecule has 0 saturated heterocycles. The second kappa shape index (κ2) is 5.61. The lowest BCUT2D eigenvalue weighted by Gasteiger charge is -2.33. The minimum atomic E-state index is -0.307. The van der Waals surface area contributed by atoms with Gasteiger partial charge >= 0.3 is 0 Å². The highest BCUT2D eigenvalue weighted by atomic mass is 19.1. The molecule has 0 aliphatic heterocycles. The molecular formula is C16H21FN2. The Bertz CT molecular complexity index is 504.